The molecule has 2 saturated heterocycles. The summed E-state index contributed by atoms with van der Waals surface area (Å²) in [4.78, 5) is 9.50. The van der Waals surface area contributed by atoms with Crippen LogP contribution in [0.15, 0.2) is 29.3 Å². The average molecular weight is 418 g/mol. The number of hydrogen-bond acceptors (Lipinski definition) is 5. The van der Waals surface area contributed by atoms with Crippen molar-refractivity contribution < 1.29 is 9.47 Å². The van der Waals surface area contributed by atoms with Gasteiger partial charge in [0.2, 0.25) is 0 Å². The second-order valence-electron chi connectivity index (χ2n) is 8.07. The highest BCUT2D eigenvalue weighted by atomic mass is 16.5. The number of ether oxygens (including phenoxy) is 2. The minimum absolute atomic E-state index is 0.268. The molecule has 1 unspecified atom stereocenters. The zero-order chi connectivity index (χ0) is 21.0. The van der Waals surface area contributed by atoms with Crippen LogP contribution in [0, 0.1) is 0 Å². The fourth-order valence-corrected chi connectivity index (χ4v) is 4.28. The Labute approximate surface area is 181 Å². The Morgan fingerprint density at radius 2 is 1.73 bits per heavy atom. The molecule has 0 amide bonds. The first kappa shape index (κ1) is 22.8. The van der Waals surface area contributed by atoms with Gasteiger partial charge in [-0.05, 0) is 43.6 Å². The van der Waals surface area contributed by atoms with E-state index in [0.717, 1.165) is 57.6 Å². The van der Waals surface area contributed by atoms with Gasteiger partial charge in [-0.2, -0.15) is 0 Å². The quantitative estimate of drug-likeness (QED) is 0.499. The Morgan fingerprint density at radius 3 is 2.37 bits per heavy atom. The zero-order valence-electron chi connectivity index (χ0n) is 18.7. The molecule has 168 valence electrons. The van der Waals surface area contributed by atoms with Crippen molar-refractivity contribution in [2.75, 3.05) is 73.2 Å². The maximum Gasteiger partial charge on any atom is 0.191 e. The van der Waals surface area contributed by atoms with Gasteiger partial charge in [0.1, 0.15) is 5.75 Å². The van der Waals surface area contributed by atoms with Crippen LogP contribution >= 0.6 is 0 Å². The molecule has 30 heavy (non-hydrogen) atoms. The van der Waals surface area contributed by atoms with Gasteiger partial charge in [0.05, 0.1) is 26.4 Å². The van der Waals surface area contributed by atoms with Crippen LogP contribution in [0.25, 0.3) is 0 Å². The molecule has 0 bridgehead atoms. The summed E-state index contributed by atoms with van der Waals surface area (Å²) in [6.07, 6.45) is 5.41. The lowest BCUT2D eigenvalue weighted by Crippen LogP contribution is -2.47. The first-order chi connectivity index (χ1) is 14.8. The molecule has 0 radical (unpaired) electrons. The van der Waals surface area contributed by atoms with E-state index in [0.29, 0.717) is 0 Å². The first-order valence-electron chi connectivity index (χ1n) is 11.4. The van der Waals surface area contributed by atoms with Crippen LogP contribution in [0.5, 0.6) is 5.75 Å². The van der Waals surface area contributed by atoms with Crippen LogP contribution in [0.3, 0.4) is 0 Å². The largest absolute Gasteiger partial charge is 0.497 e. The molecule has 1 atom stereocenters. The van der Waals surface area contributed by atoms with E-state index in [4.69, 9.17) is 9.47 Å². The van der Waals surface area contributed by atoms with Gasteiger partial charge in [-0.1, -0.05) is 25.0 Å². The van der Waals surface area contributed by atoms with E-state index >= 15 is 0 Å². The molecule has 7 nitrogen and oxygen atoms in total. The predicted octanol–water partition coefficient (Wildman–Crippen LogP) is 2.11. The molecule has 2 aliphatic heterocycles. The van der Waals surface area contributed by atoms with Crippen molar-refractivity contribution in [3.05, 3.63) is 29.8 Å². The molecule has 0 saturated carbocycles. The maximum absolute atomic E-state index is 5.57. The van der Waals surface area contributed by atoms with Gasteiger partial charge in [0.25, 0.3) is 0 Å². The molecule has 2 heterocycles. The van der Waals surface area contributed by atoms with Crippen LogP contribution < -0.4 is 15.4 Å². The molecule has 2 aliphatic rings. The number of morpholine rings is 1. The third-order valence-corrected chi connectivity index (χ3v) is 6.09. The lowest BCUT2D eigenvalue weighted by atomic mass is 10.0. The van der Waals surface area contributed by atoms with E-state index in [9.17, 15) is 0 Å². The number of nitrogens with zero attached hydrogens (tertiary/aromatic N) is 3. The summed E-state index contributed by atoms with van der Waals surface area (Å²) in [5.74, 6) is 1.76. The van der Waals surface area contributed by atoms with E-state index in [2.05, 4.69) is 37.6 Å². The molecule has 0 aromatic heterocycles. The van der Waals surface area contributed by atoms with E-state index < -0.39 is 0 Å². The monoisotopic (exact) mass is 417 g/mol. The van der Waals surface area contributed by atoms with Crippen molar-refractivity contribution >= 4 is 5.96 Å². The topological polar surface area (TPSA) is 61.4 Å². The second-order valence-corrected chi connectivity index (χ2v) is 8.07. The van der Waals surface area contributed by atoms with E-state index in [-0.39, 0.29) is 6.04 Å². The summed E-state index contributed by atoms with van der Waals surface area (Å²) < 4.78 is 10.9. The van der Waals surface area contributed by atoms with Crippen LogP contribution in [0.2, 0.25) is 0 Å². The summed E-state index contributed by atoms with van der Waals surface area (Å²) in [6, 6.07) is 8.67. The van der Waals surface area contributed by atoms with Crippen LogP contribution in [-0.4, -0.2) is 88.9 Å². The average Bonchev–Trinajstić information content (AvgIpc) is 3.08. The predicted molar refractivity (Wildman–Crippen MR) is 122 cm³/mol. The second kappa shape index (κ2) is 12.8. The molecule has 1 aromatic carbocycles. The van der Waals surface area contributed by atoms with Crippen molar-refractivity contribution in [1.29, 1.82) is 0 Å². The fourth-order valence-electron chi connectivity index (χ4n) is 4.28. The van der Waals surface area contributed by atoms with E-state index in [1.54, 1.807) is 7.11 Å². The van der Waals surface area contributed by atoms with Crippen molar-refractivity contribution in [3.63, 3.8) is 0 Å². The van der Waals surface area contributed by atoms with Crippen LogP contribution in [0.1, 0.15) is 37.3 Å². The number of methoxy groups -OCH3 is 1. The molecule has 0 aliphatic carbocycles. The molecule has 3 rings (SSSR count). The third kappa shape index (κ3) is 7.15. The van der Waals surface area contributed by atoms with Gasteiger partial charge in [-0.25, -0.2) is 0 Å². The summed E-state index contributed by atoms with van der Waals surface area (Å²) in [7, 11) is 3.55. The van der Waals surface area contributed by atoms with Crippen molar-refractivity contribution in [2.45, 2.75) is 31.7 Å². The summed E-state index contributed by atoms with van der Waals surface area (Å²) in [5.41, 5.74) is 1.28. The highest BCUT2D eigenvalue weighted by Crippen LogP contribution is 2.23. The number of hydrogen-bond donors (Lipinski definition) is 2. The minimum Gasteiger partial charge on any atom is -0.497 e. The van der Waals surface area contributed by atoms with Crippen molar-refractivity contribution in [3.8, 4) is 5.75 Å². The van der Waals surface area contributed by atoms with Crippen LogP contribution in [-0.2, 0) is 4.74 Å². The third-order valence-electron chi connectivity index (χ3n) is 6.09. The summed E-state index contributed by atoms with van der Waals surface area (Å²) in [5, 5.41) is 7.05. The zero-order valence-corrected chi connectivity index (χ0v) is 18.7. The SMILES string of the molecule is CN=C(NCCN1CCCCCC1)NCC(c1ccc(OC)cc1)N1CCOCC1. The van der Waals surface area contributed by atoms with Gasteiger partial charge in [0.15, 0.2) is 5.96 Å². The molecule has 0 spiro atoms. The number of rotatable bonds is 8. The number of guanidine groups is 1. The highest BCUT2D eigenvalue weighted by Gasteiger charge is 2.23. The fraction of sp³-hybridized carbons (Fsp3) is 0.696. The Bertz CT molecular complexity index is 623. The van der Waals surface area contributed by atoms with Gasteiger partial charge in [0, 0.05) is 39.8 Å². The van der Waals surface area contributed by atoms with Crippen molar-refractivity contribution in [2.24, 2.45) is 4.99 Å². The van der Waals surface area contributed by atoms with Gasteiger partial charge in [-0.3, -0.25) is 9.89 Å². The number of likely N-dealkylation sites (tertiary alicyclic amines) is 1. The minimum atomic E-state index is 0.268. The smallest absolute Gasteiger partial charge is 0.191 e. The molecular formula is C23H39N5O2. The lowest BCUT2D eigenvalue weighted by molar-refractivity contribution is 0.0170. The molecule has 1 aromatic rings. The Morgan fingerprint density at radius 1 is 1.03 bits per heavy atom. The van der Waals surface area contributed by atoms with Gasteiger partial charge in [-0.15, -0.1) is 0 Å². The normalized spacial score (nSPS) is 20.4. The van der Waals surface area contributed by atoms with E-state index in [1.165, 1.54) is 44.3 Å². The van der Waals surface area contributed by atoms with Crippen LogP contribution in [0.4, 0.5) is 0 Å². The standard InChI is InChI=1S/C23H39N5O2/c1-24-23(25-11-14-27-12-5-3-4-6-13-27)26-19-22(28-15-17-30-18-16-28)20-7-9-21(29-2)10-8-20/h7-10,22H,3-6,11-19H2,1-2H3,(H2,24,25,26). The molecule has 2 N–H and O–H groups in total. The number of benzene rings is 1. The maximum atomic E-state index is 5.57. The van der Waals surface area contributed by atoms with E-state index in [1.807, 2.05) is 19.2 Å². The Balaban J connectivity index is 1.53. The Kier molecular flexibility index (Phi) is 9.73. The van der Waals surface area contributed by atoms with Gasteiger partial charge >= 0.3 is 0 Å². The summed E-state index contributed by atoms with van der Waals surface area (Å²) >= 11 is 0. The lowest BCUT2D eigenvalue weighted by Gasteiger charge is -2.35. The summed E-state index contributed by atoms with van der Waals surface area (Å²) in [6.45, 7) is 8.71. The van der Waals surface area contributed by atoms with Gasteiger partial charge < -0.3 is 25.0 Å². The molecule has 2 fully saturated rings. The molecular weight excluding hydrogens is 378 g/mol. The highest BCUT2D eigenvalue weighted by molar-refractivity contribution is 5.79. The molecule has 7 heteroatoms. The number of aliphatic imine (C=N–C) groups is 1. The number of nitrogens with one attached hydrogen (secondary N) is 2. The first-order valence-corrected chi connectivity index (χ1v) is 11.4. The Hall–Kier alpha value is -1.83. The van der Waals surface area contributed by atoms with Crippen molar-refractivity contribution in [1.82, 2.24) is 20.4 Å².